The number of methoxy groups -OCH3 is 1. The zero-order valence-electron chi connectivity index (χ0n) is 16.2. The number of nitrogens with zero attached hydrogens (tertiary/aromatic N) is 3. The van der Waals surface area contributed by atoms with E-state index in [0.717, 1.165) is 5.56 Å². The molecule has 29 heavy (non-hydrogen) atoms. The Balaban J connectivity index is 1.72. The molecule has 8 nitrogen and oxygen atoms in total. The molecule has 1 saturated heterocycles. The molecule has 1 unspecified atom stereocenters. The molecule has 0 aliphatic carbocycles. The molecule has 0 bridgehead atoms. The Hall–Kier alpha value is -2.78. The van der Waals surface area contributed by atoms with Gasteiger partial charge >= 0.3 is 5.97 Å². The van der Waals surface area contributed by atoms with Crippen LogP contribution in [0.4, 0.5) is 0 Å². The minimum absolute atomic E-state index is 0.0506. The standard InChI is InChI=1S/C20H23N3O5S/c1-27-19(25)4-8-22-10-17(28-13-15-2-6-21-7-3-15)11-23(12-18(22)24)20(26)16-5-9-29-14-16/h2-3,5-7,9,14,17H,4,8,10-13H2,1H3. The Kier molecular flexibility index (Phi) is 7.31. The topological polar surface area (TPSA) is 89.0 Å². The number of pyridine rings is 1. The first-order valence-corrected chi connectivity index (χ1v) is 10.2. The second kappa shape index (κ2) is 10.1. The number of amides is 2. The zero-order chi connectivity index (χ0) is 20.6. The molecule has 3 heterocycles. The van der Waals surface area contributed by atoms with Crippen molar-refractivity contribution in [1.29, 1.82) is 0 Å². The first-order chi connectivity index (χ1) is 14.1. The minimum atomic E-state index is -0.387. The maximum absolute atomic E-state index is 12.8. The number of aromatic nitrogens is 1. The largest absolute Gasteiger partial charge is 0.469 e. The van der Waals surface area contributed by atoms with E-state index in [0.29, 0.717) is 25.3 Å². The van der Waals surface area contributed by atoms with Gasteiger partial charge in [-0.25, -0.2) is 0 Å². The van der Waals surface area contributed by atoms with E-state index >= 15 is 0 Å². The van der Waals surface area contributed by atoms with Crippen LogP contribution in [0, 0.1) is 0 Å². The van der Waals surface area contributed by atoms with Gasteiger partial charge in [0.05, 0.1) is 31.8 Å². The van der Waals surface area contributed by atoms with Crippen molar-refractivity contribution in [2.75, 3.05) is 33.3 Å². The molecule has 2 amide bonds. The van der Waals surface area contributed by atoms with E-state index < -0.39 is 0 Å². The van der Waals surface area contributed by atoms with Gasteiger partial charge in [-0.15, -0.1) is 0 Å². The van der Waals surface area contributed by atoms with E-state index in [9.17, 15) is 14.4 Å². The molecule has 1 fully saturated rings. The summed E-state index contributed by atoms with van der Waals surface area (Å²) < 4.78 is 10.7. The maximum Gasteiger partial charge on any atom is 0.307 e. The highest BCUT2D eigenvalue weighted by Gasteiger charge is 2.31. The predicted molar refractivity (Wildman–Crippen MR) is 106 cm³/mol. The summed E-state index contributed by atoms with van der Waals surface area (Å²) in [7, 11) is 1.31. The molecular weight excluding hydrogens is 394 g/mol. The lowest BCUT2D eigenvalue weighted by Crippen LogP contribution is -2.40. The summed E-state index contributed by atoms with van der Waals surface area (Å²) in [6.07, 6.45) is 3.09. The van der Waals surface area contributed by atoms with Gasteiger partial charge in [-0.3, -0.25) is 19.4 Å². The molecule has 1 atom stereocenters. The Bertz CT molecular complexity index is 828. The van der Waals surface area contributed by atoms with E-state index in [1.807, 2.05) is 17.5 Å². The van der Waals surface area contributed by atoms with Crippen LogP contribution < -0.4 is 0 Å². The van der Waals surface area contributed by atoms with Crippen molar-refractivity contribution in [2.45, 2.75) is 19.1 Å². The Labute approximate surface area is 173 Å². The van der Waals surface area contributed by atoms with E-state index in [-0.39, 0.29) is 43.4 Å². The first kappa shape index (κ1) is 20.9. The van der Waals surface area contributed by atoms with Crippen LogP contribution in [0.15, 0.2) is 41.4 Å². The molecule has 154 valence electrons. The van der Waals surface area contributed by atoms with Crippen LogP contribution in [-0.4, -0.2) is 72.0 Å². The van der Waals surface area contributed by atoms with Gasteiger partial charge in [0.25, 0.3) is 5.91 Å². The van der Waals surface area contributed by atoms with Crippen molar-refractivity contribution in [1.82, 2.24) is 14.8 Å². The molecule has 3 rings (SSSR count). The summed E-state index contributed by atoms with van der Waals surface area (Å²) in [6.45, 7) is 1.10. The fraction of sp³-hybridized carbons (Fsp3) is 0.400. The van der Waals surface area contributed by atoms with Crippen molar-refractivity contribution >= 4 is 29.1 Å². The Morgan fingerprint density at radius 3 is 2.72 bits per heavy atom. The normalized spacial score (nSPS) is 17.1. The van der Waals surface area contributed by atoms with Gasteiger partial charge in [-0.2, -0.15) is 11.3 Å². The van der Waals surface area contributed by atoms with Gasteiger partial charge in [0.2, 0.25) is 5.91 Å². The summed E-state index contributed by atoms with van der Waals surface area (Å²) in [4.78, 5) is 44.1. The highest BCUT2D eigenvalue weighted by Crippen LogP contribution is 2.16. The van der Waals surface area contributed by atoms with Gasteiger partial charge < -0.3 is 19.3 Å². The summed E-state index contributed by atoms with van der Waals surface area (Å²) in [5.41, 5.74) is 1.51. The van der Waals surface area contributed by atoms with Crippen LogP contribution in [0.5, 0.6) is 0 Å². The summed E-state index contributed by atoms with van der Waals surface area (Å²) in [5.74, 6) is -0.804. The lowest BCUT2D eigenvalue weighted by molar-refractivity contribution is -0.142. The third kappa shape index (κ3) is 5.85. The molecule has 2 aromatic heterocycles. The number of carbonyl (C=O) groups is 3. The van der Waals surface area contributed by atoms with E-state index in [1.165, 1.54) is 23.3 Å². The summed E-state index contributed by atoms with van der Waals surface area (Å²) in [5, 5.41) is 3.59. The van der Waals surface area contributed by atoms with Gasteiger partial charge in [-0.05, 0) is 29.1 Å². The predicted octanol–water partition coefficient (Wildman–Crippen LogP) is 1.58. The highest BCUT2D eigenvalue weighted by atomic mass is 32.1. The molecular formula is C20H23N3O5S. The number of esters is 1. The van der Waals surface area contributed by atoms with Crippen molar-refractivity contribution in [3.8, 4) is 0 Å². The van der Waals surface area contributed by atoms with E-state index in [4.69, 9.17) is 4.74 Å². The summed E-state index contributed by atoms with van der Waals surface area (Å²) in [6, 6.07) is 5.44. The van der Waals surface area contributed by atoms with Crippen LogP contribution >= 0.6 is 11.3 Å². The Morgan fingerprint density at radius 2 is 2.03 bits per heavy atom. The van der Waals surface area contributed by atoms with Crippen molar-refractivity contribution in [2.24, 2.45) is 0 Å². The monoisotopic (exact) mass is 417 g/mol. The molecule has 0 aromatic carbocycles. The fourth-order valence-electron chi connectivity index (χ4n) is 3.05. The van der Waals surface area contributed by atoms with Gasteiger partial charge in [0.1, 0.15) is 6.54 Å². The average Bonchev–Trinajstić information content (AvgIpc) is 3.23. The maximum atomic E-state index is 12.8. The lowest BCUT2D eigenvalue weighted by atomic mass is 10.2. The lowest BCUT2D eigenvalue weighted by Gasteiger charge is -2.24. The van der Waals surface area contributed by atoms with E-state index in [1.54, 1.807) is 28.7 Å². The smallest absolute Gasteiger partial charge is 0.307 e. The highest BCUT2D eigenvalue weighted by molar-refractivity contribution is 7.08. The summed E-state index contributed by atoms with van der Waals surface area (Å²) >= 11 is 1.43. The molecule has 1 aliphatic heterocycles. The van der Waals surface area contributed by atoms with Crippen LogP contribution in [-0.2, 0) is 25.7 Å². The third-order valence-electron chi connectivity index (χ3n) is 4.63. The van der Waals surface area contributed by atoms with Crippen molar-refractivity contribution in [3.05, 3.63) is 52.5 Å². The molecule has 0 N–H and O–H groups in total. The van der Waals surface area contributed by atoms with Gasteiger partial charge in [0.15, 0.2) is 0 Å². The Morgan fingerprint density at radius 1 is 1.24 bits per heavy atom. The molecule has 0 spiro atoms. The number of hydrogen-bond donors (Lipinski definition) is 0. The van der Waals surface area contributed by atoms with Crippen LogP contribution in [0.1, 0.15) is 22.3 Å². The van der Waals surface area contributed by atoms with Gasteiger partial charge in [-0.1, -0.05) is 0 Å². The minimum Gasteiger partial charge on any atom is -0.469 e. The molecule has 9 heteroatoms. The number of carbonyl (C=O) groups excluding carboxylic acids is 3. The van der Waals surface area contributed by atoms with Crippen molar-refractivity contribution < 1.29 is 23.9 Å². The van der Waals surface area contributed by atoms with Gasteiger partial charge in [0, 0.05) is 37.4 Å². The molecule has 2 aromatic rings. The number of hydrogen-bond acceptors (Lipinski definition) is 7. The van der Waals surface area contributed by atoms with Crippen molar-refractivity contribution in [3.63, 3.8) is 0 Å². The number of rotatable bonds is 7. The van der Waals surface area contributed by atoms with Crippen LogP contribution in [0.2, 0.25) is 0 Å². The van der Waals surface area contributed by atoms with E-state index in [2.05, 4.69) is 9.72 Å². The third-order valence-corrected chi connectivity index (χ3v) is 5.31. The second-order valence-corrected chi connectivity index (χ2v) is 7.43. The SMILES string of the molecule is COC(=O)CCN1CC(OCc2ccncc2)CN(C(=O)c2ccsc2)CC1=O. The zero-order valence-corrected chi connectivity index (χ0v) is 17.0. The van der Waals surface area contributed by atoms with Crippen LogP contribution in [0.25, 0.3) is 0 Å². The second-order valence-electron chi connectivity index (χ2n) is 6.65. The molecule has 1 aliphatic rings. The van der Waals surface area contributed by atoms with Crippen LogP contribution in [0.3, 0.4) is 0 Å². The quantitative estimate of drug-likeness (QED) is 0.636. The first-order valence-electron chi connectivity index (χ1n) is 9.23. The number of thiophene rings is 1. The average molecular weight is 417 g/mol. The fourth-order valence-corrected chi connectivity index (χ4v) is 3.67. The molecule has 0 saturated carbocycles. The number of ether oxygens (including phenoxy) is 2. The molecule has 0 radical (unpaired) electrons.